The van der Waals surface area contributed by atoms with Crippen molar-refractivity contribution in [2.45, 2.75) is 57.2 Å². The third-order valence-electron chi connectivity index (χ3n) is 8.31. The van der Waals surface area contributed by atoms with E-state index < -0.39 is 0 Å². The Morgan fingerprint density at radius 3 is 2.77 bits per heavy atom. The van der Waals surface area contributed by atoms with Crippen molar-refractivity contribution in [1.82, 2.24) is 19.9 Å². The third-order valence-corrected chi connectivity index (χ3v) is 8.31. The number of hydrogen-bond acceptors (Lipinski definition) is 7. The Kier molecular flexibility index (Phi) is 6.61. The normalized spacial score (nSPS) is 23.8. The first kappa shape index (κ1) is 22.8. The average Bonchev–Trinajstić information content (AvgIpc) is 3.59. The van der Waals surface area contributed by atoms with Crippen LogP contribution < -0.4 is 9.64 Å². The van der Waals surface area contributed by atoms with Crippen LogP contribution in [0.5, 0.6) is 5.88 Å². The van der Waals surface area contributed by atoms with Gasteiger partial charge in [0.25, 0.3) is 0 Å². The van der Waals surface area contributed by atoms with Crippen LogP contribution in [0.4, 0.5) is 5.82 Å². The molecule has 0 spiro atoms. The second-order valence-electron chi connectivity index (χ2n) is 10.7. The highest BCUT2D eigenvalue weighted by Gasteiger charge is 2.34. The summed E-state index contributed by atoms with van der Waals surface area (Å²) in [7, 11) is 2.24. The lowest BCUT2D eigenvalue weighted by Gasteiger charge is -2.46. The molecule has 2 aliphatic heterocycles. The number of aromatic nitrogens is 2. The molecule has 7 nitrogen and oxygen atoms in total. The fourth-order valence-corrected chi connectivity index (χ4v) is 6.24. The zero-order valence-corrected chi connectivity index (χ0v) is 20.8. The van der Waals surface area contributed by atoms with Crippen LogP contribution in [0.15, 0.2) is 47.1 Å². The fraction of sp³-hybridized carbons (Fsp3) is 0.571. The first-order chi connectivity index (χ1) is 17.2. The van der Waals surface area contributed by atoms with E-state index in [1.807, 2.05) is 24.4 Å². The summed E-state index contributed by atoms with van der Waals surface area (Å²) in [5.74, 6) is 2.30. The maximum Gasteiger partial charge on any atom is 0.213 e. The quantitative estimate of drug-likeness (QED) is 0.496. The van der Waals surface area contributed by atoms with Crippen molar-refractivity contribution >= 4 is 16.8 Å². The number of nitrogens with zero attached hydrogens (tertiary/aromatic N) is 5. The number of anilines is 1. The number of para-hydroxylation sites is 1. The molecule has 2 aromatic heterocycles. The second kappa shape index (κ2) is 10.2. The molecule has 0 unspecified atom stereocenters. The Hall–Kier alpha value is -2.64. The van der Waals surface area contributed by atoms with Crippen molar-refractivity contribution < 1.29 is 9.26 Å². The maximum absolute atomic E-state index is 6.13. The first-order valence-corrected chi connectivity index (χ1v) is 13.3. The molecular weight excluding hydrogens is 438 g/mol. The second-order valence-corrected chi connectivity index (χ2v) is 10.7. The Morgan fingerprint density at radius 2 is 1.91 bits per heavy atom. The number of piperidine rings is 1. The highest BCUT2D eigenvalue weighted by Crippen LogP contribution is 2.31. The smallest absolute Gasteiger partial charge is 0.213 e. The molecule has 2 atom stereocenters. The topological polar surface area (TPSA) is 57.9 Å². The molecule has 7 heteroatoms. The molecule has 3 aromatic rings. The van der Waals surface area contributed by atoms with Gasteiger partial charge < -0.3 is 14.2 Å². The standard InChI is InChI=1S/C28H37N5O2/c1-31(23-6-2-3-7-23)17-21-11-13-27(29-16-21)34-20-22-10-12-24-19-33(15-14-32(24)18-22)28-25-8-4-5-9-26(25)35-30-28/h4-5,8-9,11,13,16,22-24H,2-3,6-7,10,12,14-15,17-20H2,1H3/t22-,24+/m1/s1. The zero-order chi connectivity index (χ0) is 23.6. The molecule has 35 heavy (non-hydrogen) atoms. The maximum atomic E-state index is 6.13. The van der Waals surface area contributed by atoms with E-state index in [4.69, 9.17) is 9.26 Å². The number of benzene rings is 1. The minimum atomic E-state index is 0.556. The van der Waals surface area contributed by atoms with E-state index in [0.717, 1.165) is 68.0 Å². The summed E-state index contributed by atoms with van der Waals surface area (Å²) in [6, 6.07) is 13.7. The summed E-state index contributed by atoms with van der Waals surface area (Å²) < 4.78 is 11.7. The molecular formula is C28H37N5O2. The average molecular weight is 476 g/mol. The van der Waals surface area contributed by atoms with Gasteiger partial charge in [-0.05, 0) is 50.4 Å². The summed E-state index contributed by atoms with van der Waals surface area (Å²) in [5.41, 5.74) is 2.14. The zero-order valence-electron chi connectivity index (χ0n) is 20.8. The van der Waals surface area contributed by atoms with Crippen molar-refractivity contribution in [3.8, 4) is 5.88 Å². The molecule has 2 saturated heterocycles. The van der Waals surface area contributed by atoms with Gasteiger partial charge in [0, 0.05) is 63.0 Å². The van der Waals surface area contributed by atoms with Gasteiger partial charge in [-0.25, -0.2) is 4.98 Å². The van der Waals surface area contributed by atoms with Crippen LogP contribution >= 0.6 is 0 Å². The van der Waals surface area contributed by atoms with Gasteiger partial charge in [-0.1, -0.05) is 36.2 Å². The van der Waals surface area contributed by atoms with Crippen LogP contribution in [-0.2, 0) is 6.54 Å². The van der Waals surface area contributed by atoms with Gasteiger partial charge >= 0.3 is 0 Å². The van der Waals surface area contributed by atoms with Crippen LogP contribution in [0.1, 0.15) is 44.1 Å². The molecule has 3 fully saturated rings. The molecule has 6 rings (SSSR count). The van der Waals surface area contributed by atoms with Crippen molar-refractivity contribution in [3.05, 3.63) is 48.2 Å². The minimum absolute atomic E-state index is 0.556. The van der Waals surface area contributed by atoms with E-state index in [1.54, 1.807) is 0 Å². The number of fused-ring (bicyclic) bond motifs is 2. The Balaban J connectivity index is 0.980. The monoisotopic (exact) mass is 475 g/mol. The van der Waals surface area contributed by atoms with Crippen LogP contribution in [0.2, 0.25) is 0 Å². The highest BCUT2D eigenvalue weighted by molar-refractivity contribution is 5.88. The van der Waals surface area contributed by atoms with E-state index in [9.17, 15) is 0 Å². The van der Waals surface area contributed by atoms with Gasteiger partial charge in [0.1, 0.15) is 0 Å². The van der Waals surface area contributed by atoms with Crippen molar-refractivity contribution in [2.24, 2.45) is 5.92 Å². The highest BCUT2D eigenvalue weighted by atomic mass is 16.5. The molecule has 3 aliphatic rings. The summed E-state index contributed by atoms with van der Waals surface area (Å²) >= 11 is 0. The van der Waals surface area contributed by atoms with E-state index in [1.165, 1.54) is 44.1 Å². The van der Waals surface area contributed by atoms with Gasteiger partial charge in [0.15, 0.2) is 11.4 Å². The first-order valence-electron chi connectivity index (χ1n) is 13.3. The predicted molar refractivity (Wildman–Crippen MR) is 138 cm³/mol. The number of hydrogen-bond donors (Lipinski definition) is 0. The Bertz CT molecular complexity index is 1110. The lowest BCUT2D eigenvalue weighted by molar-refractivity contribution is 0.0716. The van der Waals surface area contributed by atoms with Gasteiger partial charge in [-0.15, -0.1) is 0 Å². The van der Waals surface area contributed by atoms with Crippen LogP contribution in [0.25, 0.3) is 11.0 Å². The Labute approximate surface area is 208 Å². The van der Waals surface area contributed by atoms with Crippen LogP contribution in [-0.4, -0.2) is 71.9 Å². The molecule has 4 heterocycles. The van der Waals surface area contributed by atoms with Crippen LogP contribution in [0.3, 0.4) is 0 Å². The Morgan fingerprint density at radius 1 is 1.03 bits per heavy atom. The van der Waals surface area contributed by atoms with Crippen molar-refractivity contribution in [2.75, 3.05) is 44.7 Å². The molecule has 1 aromatic carbocycles. The summed E-state index contributed by atoms with van der Waals surface area (Å²) in [6.07, 6.45) is 9.79. The van der Waals surface area contributed by atoms with Gasteiger partial charge in [-0.3, -0.25) is 9.80 Å². The molecule has 0 amide bonds. The predicted octanol–water partition coefficient (Wildman–Crippen LogP) is 4.58. The number of rotatable bonds is 7. The summed E-state index contributed by atoms with van der Waals surface area (Å²) in [6.45, 7) is 5.88. The minimum Gasteiger partial charge on any atom is -0.477 e. The van der Waals surface area contributed by atoms with Crippen molar-refractivity contribution in [1.29, 1.82) is 0 Å². The SMILES string of the molecule is CN(Cc1ccc(OC[C@@H]2CC[C@H]3CN(c4noc5ccccc45)CCN3C2)nc1)C1CCCC1. The number of ether oxygens (including phenoxy) is 1. The summed E-state index contributed by atoms with van der Waals surface area (Å²) in [5, 5.41) is 5.50. The lowest BCUT2D eigenvalue weighted by atomic mass is 9.91. The van der Waals surface area contributed by atoms with E-state index in [0.29, 0.717) is 12.0 Å². The van der Waals surface area contributed by atoms with Gasteiger partial charge in [0.2, 0.25) is 5.88 Å². The van der Waals surface area contributed by atoms with Gasteiger partial charge in [0.05, 0.1) is 12.0 Å². The van der Waals surface area contributed by atoms with E-state index in [2.05, 4.69) is 50.1 Å². The molecule has 0 radical (unpaired) electrons. The van der Waals surface area contributed by atoms with Crippen molar-refractivity contribution in [3.63, 3.8) is 0 Å². The van der Waals surface area contributed by atoms with E-state index >= 15 is 0 Å². The molecule has 1 aliphatic carbocycles. The summed E-state index contributed by atoms with van der Waals surface area (Å²) in [4.78, 5) is 12.1. The molecule has 1 saturated carbocycles. The van der Waals surface area contributed by atoms with E-state index in [-0.39, 0.29) is 0 Å². The number of piperazine rings is 1. The molecule has 0 N–H and O–H groups in total. The molecule has 0 bridgehead atoms. The number of pyridine rings is 1. The third kappa shape index (κ3) is 5.02. The van der Waals surface area contributed by atoms with Crippen LogP contribution in [0, 0.1) is 5.92 Å². The largest absolute Gasteiger partial charge is 0.477 e. The fourth-order valence-electron chi connectivity index (χ4n) is 6.24. The lowest BCUT2D eigenvalue weighted by Crippen LogP contribution is -2.57. The van der Waals surface area contributed by atoms with Gasteiger partial charge in [-0.2, -0.15) is 0 Å². The molecule has 186 valence electrons.